The number of hydrogen-bond donors (Lipinski definition) is 0. The average molecular weight is 749 g/mol. The van der Waals surface area contributed by atoms with Crippen molar-refractivity contribution in [3.05, 3.63) is 177 Å². The highest BCUT2D eigenvalue weighted by Crippen LogP contribution is 2.41. The number of fused-ring (bicyclic) bond motifs is 8. The lowest BCUT2D eigenvalue weighted by atomic mass is 9.83. The highest BCUT2D eigenvalue weighted by molar-refractivity contribution is 6.11. The van der Waals surface area contributed by atoms with E-state index in [1.165, 1.54) is 0 Å². The highest BCUT2D eigenvalue weighted by atomic mass is 16.7. The summed E-state index contributed by atoms with van der Waals surface area (Å²) in [7, 11) is 0. The van der Waals surface area contributed by atoms with Crippen LogP contribution in [0.5, 0.6) is 11.5 Å². The standard InChI is InChI=1S/C46H36O10/c47-39-35-21-31-13-7-14-32(41(31)55-43(49)29-9-3-1-4-10-29)22-36-26-46(53-19-20-54-46)28-38(40(36)48)24-34-16-8-15-33(23-37(39)27-45(25-35)51-17-18-52-45)42(34)56-44(50)30-11-5-2-6-12-30/h1-16,25-28H,17-24H2. The molecule has 10 nitrogen and oxygen atoms in total. The van der Waals surface area contributed by atoms with E-state index in [-0.39, 0.29) is 48.7 Å². The number of carbonyl (C=O) groups excluding carboxylic acids is 4. The van der Waals surface area contributed by atoms with Crippen LogP contribution < -0.4 is 9.47 Å². The molecule has 9 rings (SSSR count). The molecule has 0 unspecified atom stereocenters. The van der Waals surface area contributed by atoms with E-state index in [4.69, 9.17) is 28.4 Å². The van der Waals surface area contributed by atoms with Crippen molar-refractivity contribution in [3.63, 3.8) is 0 Å². The maximum Gasteiger partial charge on any atom is 0.343 e. The van der Waals surface area contributed by atoms with Gasteiger partial charge >= 0.3 is 11.9 Å². The molecular formula is C46H36O10. The van der Waals surface area contributed by atoms with Crippen LogP contribution in [0.2, 0.25) is 0 Å². The van der Waals surface area contributed by atoms with Crippen LogP contribution in [0.4, 0.5) is 0 Å². The van der Waals surface area contributed by atoms with E-state index in [2.05, 4.69) is 0 Å². The quantitative estimate of drug-likeness (QED) is 0.172. The molecule has 0 amide bonds. The van der Waals surface area contributed by atoms with Gasteiger partial charge in [0.25, 0.3) is 0 Å². The van der Waals surface area contributed by atoms with Gasteiger partial charge in [-0.05, 0) is 70.8 Å². The summed E-state index contributed by atoms with van der Waals surface area (Å²) in [6.07, 6.45) is 6.94. The van der Waals surface area contributed by atoms with Gasteiger partial charge in [0.2, 0.25) is 11.6 Å². The van der Waals surface area contributed by atoms with Gasteiger partial charge in [-0.2, -0.15) is 0 Å². The minimum atomic E-state index is -1.30. The Morgan fingerprint density at radius 3 is 1.04 bits per heavy atom. The summed E-state index contributed by atoms with van der Waals surface area (Å²) < 4.78 is 36.9. The van der Waals surface area contributed by atoms with E-state index in [1.54, 1.807) is 97.1 Å². The van der Waals surface area contributed by atoms with Gasteiger partial charge in [-0.3, -0.25) is 9.59 Å². The SMILES string of the molecule is O=C1C2=CC3(C=C1Cc1cccc(c1OC(=O)c1ccccc1)CC1=CC4(C=C(Cc5cccc(c5OC(=O)c5ccccc5)C2)C1=O)OCCO4)OCCO3. The van der Waals surface area contributed by atoms with E-state index >= 15 is 0 Å². The van der Waals surface area contributed by atoms with Crippen molar-refractivity contribution in [2.45, 2.75) is 37.3 Å². The Hall–Kier alpha value is -6.04. The molecule has 4 aromatic carbocycles. The Bertz CT molecular complexity index is 2130. The number of rotatable bonds is 4. The minimum absolute atomic E-state index is 0.0556. The molecule has 0 aromatic heterocycles. The summed E-state index contributed by atoms with van der Waals surface area (Å²) in [6.45, 7) is 1.28. The number of Topliss-reactive ketones (excluding diaryl/α,β-unsaturated/α-hetero) is 2. The monoisotopic (exact) mass is 748 g/mol. The molecule has 3 aliphatic carbocycles. The molecule has 8 bridgehead atoms. The van der Waals surface area contributed by atoms with Crippen LogP contribution in [0.3, 0.4) is 0 Å². The molecule has 4 aromatic rings. The van der Waals surface area contributed by atoms with Crippen LogP contribution in [-0.4, -0.2) is 61.5 Å². The third kappa shape index (κ3) is 6.88. The van der Waals surface area contributed by atoms with Gasteiger partial charge in [-0.15, -0.1) is 0 Å². The van der Waals surface area contributed by atoms with Crippen LogP contribution in [-0.2, 0) is 54.2 Å². The van der Waals surface area contributed by atoms with Gasteiger partial charge in [-0.25, -0.2) is 9.59 Å². The van der Waals surface area contributed by atoms with Crippen molar-refractivity contribution in [3.8, 4) is 11.5 Å². The highest BCUT2D eigenvalue weighted by Gasteiger charge is 2.41. The van der Waals surface area contributed by atoms with Crippen molar-refractivity contribution in [2.24, 2.45) is 0 Å². The maximum atomic E-state index is 14.6. The third-order valence-corrected chi connectivity index (χ3v) is 10.4. The van der Waals surface area contributed by atoms with Crippen molar-refractivity contribution >= 4 is 23.5 Å². The fraction of sp³-hybridized carbons (Fsp3) is 0.217. The largest absolute Gasteiger partial charge is 0.422 e. The first-order valence-electron chi connectivity index (χ1n) is 18.6. The predicted octanol–water partition coefficient (Wildman–Crippen LogP) is 6.37. The lowest BCUT2D eigenvalue weighted by molar-refractivity contribution is -0.115. The molecule has 5 aliphatic rings. The molecule has 2 fully saturated rings. The number of allylic oxidation sites excluding steroid dienone is 4. The second-order valence-corrected chi connectivity index (χ2v) is 14.2. The minimum Gasteiger partial charge on any atom is -0.422 e. The maximum absolute atomic E-state index is 14.6. The number of hydrogen-bond acceptors (Lipinski definition) is 10. The Morgan fingerprint density at radius 1 is 0.429 bits per heavy atom. The molecular weight excluding hydrogens is 712 g/mol. The molecule has 2 aliphatic heterocycles. The Balaban J connectivity index is 1.21. The number of ether oxygens (including phenoxy) is 6. The smallest absolute Gasteiger partial charge is 0.343 e. The van der Waals surface area contributed by atoms with E-state index in [1.807, 2.05) is 24.3 Å². The first-order chi connectivity index (χ1) is 27.3. The topological polar surface area (TPSA) is 124 Å². The van der Waals surface area contributed by atoms with Gasteiger partial charge in [-0.1, -0.05) is 72.8 Å². The molecule has 280 valence electrons. The third-order valence-electron chi connectivity index (χ3n) is 10.4. The molecule has 0 radical (unpaired) electrons. The van der Waals surface area contributed by atoms with E-state index in [9.17, 15) is 19.2 Å². The zero-order valence-electron chi connectivity index (χ0n) is 30.3. The normalized spacial score (nSPS) is 19.5. The number of carbonyl (C=O) groups is 4. The van der Waals surface area contributed by atoms with Crippen LogP contribution >= 0.6 is 0 Å². The molecule has 56 heavy (non-hydrogen) atoms. The Morgan fingerprint density at radius 2 is 0.732 bits per heavy atom. The van der Waals surface area contributed by atoms with Gasteiger partial charge in [0.15, 0.2) is 11.6 Å². The lowest BCUT2D eigenvalue weighted by Crippen LogP contribution is -2.33. The van der Waals surface area contributed by atoms with Crippen LogP contribution in [0.25, 0.3) is 0 Å². The first kappa shape index (κ1) is 35.6. The zero-order chi connectivity index (χ0) is 38.3. The number of benzene rings is 4. The van der Waals surface area contributed by atoms with E-state index in [0.29, 0.717) is 82.1 Å². The molecule has 2 spiro atoms. The van der Waals surface area contributed by atoms with Crippen LogP contribution in [0.15, 0.2) is 144 Å². The molecule has 0 N–H and O–H groups in total. The summed E-state index contributed by atoms with van der Waals surface area (Å²) in [5.74, 6) is -3.79. The summed E-state index contributed by atoms with van der Waals surface area (Å²) in [6, 6.07) is 28.1. The summed E-state index contributed by atoms with van der Waals surface area (Å²) in [5.41, 5.74) is 4.37. The summed E-state index contributed by atoms with van der Waals surface area (Å²) in [5, 5.41) is 0. The summed E-state index contributed by atoms with van der Waals surface area (Å²) in [4.78, 5) is 56.4. The molecule has 10 heteroatoms. The van der Waals surface area contributed by atoms with Crippen molar-refractivity contribution in [1.82, 2.24) is 0 Å². The Kier molecular flexibility index (Phi) is 9.27. The van der Waals surface area contributed by atoms with Crippen molar-refractivity contribution in [1.29, 1.82) is 0 Å². The van der Waals surface area contributed by atoms with Crippen LogP contribution in [0, 0.1) is 0 Å². The summed E-state index contributed by atoms with van der Waals surface area (Å²) >= 11 is 0. The predicted molar refractivity (Wildman–Crippen MR) is 202 cm³/mol. The second kappa shape index (κ2) is 14.6. The fourth-order valence-electron chi connectivity index (χ4n) is 7.84. The molecule has 0 atom stereocenters. The van der Waals surface area contributed by atoms with Gasteiger partial charge < -0.3 is 28.4 Å². The lowest BCUT2D eigenvalue weighted by Gasteiger charge is -2.29. The van der Waals surface area contributed by atoms with E-state index < -0.39 is 23.5 Å². The van der Waals surface area contributed by atoms with Gasteiger partial charge in [0.1, 0.15) is 11.5 Å². The zero-order valence-corrected chi connectivity index (χ0v) is 30.3. The number of ketones is 2. The number of para-hydroxylation sites is 2. The second-order valence-electron chi connectivity index (χ2n) is 14.2. The first-order valence-corrected chi connectivity index (χ1v) is 18.6. The number of esters is 2. The van der Waals surface area contributed by atoms with Crippen LogP contribution in [0.1, 0.15) is 43.0 Å². The molecule has 0 saturated carbocycles. The van der Waals surface area contributed by atoms with E-state index in [0.717, 1.165) is 0 Å². The molecule has 2 heterocycles. The van der Waals surface area contributed by atoms with Gasteiger partial charge in [0, 0.05) is 48.0 Å². The van der Waals surface area contributed by atoms with Gasteiger partial charge in [0.05, 0.1) is 37.6 Å². The van der Waals surface area contributed by atoms with Crippen molar-refractivity contribution < 1.29 is 47.6 Å². The average Bonchev–Trinajstić information content (AvgIpc) is 3.87. The van der Waals surface area contributed by atoms with Crippen molar-refractivity contribution in [2.75, 3.05) is 26.4 Å². The molecule has 2 saturated heterocycles. The fourth-order valence-corrected chi connectivity index (χ4v) is 7.84. The Labute approximate surface area is 322 Å².